The van der Waals surface area contributed by atoms with Gasteiger partial charge in [-0.1, -0.05) is 23.8 Å². The Morgan fingerprint density at radius 2 is 1.95 bits per heavy atom. The normalized spacial score (nSPS) is 10.5. The first-order valence-corrected chi connectivity index (χ1v) is 5.97. The van der Waals surface area contributed by atoms with Crippen molar-refractivity contribution in [2.75, 3.05) is 0 Å². The summed E-state index contributed by atoms with van der Waals surface area (Å²) in [4.78, 5) is 25.3. The molecule has 98 valence electrons. The van der Waals surface area contributed by atoms with Crippen molar-refractivity contribution in [3.05, 3.63) is 46.8 Å². The molecule has 19 heavy (non-hydrogen) atoms. The maximum absolute atomic E-state index is 12.1. The summed E-state index contributed by atoms with van der Waals surface area (Å²) in [5.74, 6) is -0.494. The quantitative estimate of drug-likeness (QED) is 0.619. The first-order valence-electron chi connectivity index (χ1n) is 5.97. The van der Waals surface area contributed by atoms with Crippen LogP contribution in [0.2, 0.25) is 0 Å². The molecule has 0 aliphatic heterocycles. The number of Topliss-reactive ketones (excluding diaryl/α,β-unsaturated/α-hetero) is 2. The average Bonchev–Trinajstić information content (AvgIpc) is 2.75. The third kappa shape index (κ3) is 2.93. The summed E-state index contributed by atoms with van der Waals surface area (Å²) in [6, 6.07) is 5.56. The number of nitrogens with zero attached hydrogens (tertiary/aromatic N) is 3. The number of aromatic nitrogens is 3. The largest absolute Gasteiger partial charge is 0.294 e. The van der Waals surface area contributed by atoms with Gasteiger partial charge in [0, 0.05) is 12.6 Å². The first-order chi connectivity index (χ1) is 8.97. The molecule has 2 aromatic rings. The number of hydrogen-bond donors (Lipinski definition) is 0. The molecule has 0 spiro atoms. The number of benzene rings is 1. The topological polar surface area (TPSA) is 64.8 Å². The van der Waals surface area contributed by atoms with Gasteiger partial charge in [0.2, 0.25) is 0 Å². The number of carbonyl (C=O) groups excluding carboxylic acids is 2. The molecule has 0 aliphatic rings. The average molecular weight is 257 g/mol. The molecule has 0 radical (unpaired) electrons. The zero-order valence-electron chi connectivity index (χ0n) is 11.2. The molecule has 0 aliphatic carbocycles. The summed E-state index contributed by atoms with van der Waals surface area (Å²) >= 11 is 0. The molecule has 0 saturated heterocycles. The Labute approximate surface area is 111 Å². The van der Waals surface area contributed by atoms with Gasteiger partial charge < -0.3 is 0 Å². The minimum atomic E-state index is -0.307. The van der Waals surface area contributed by atoms with E-state index in [4.69, 9.17) is 0 Å². The van der Waals surface area contributed by atoms with Crippen molar-refractivity contribution in [3.63, 3.8) is 0 Å². The maximum Gasteiger partial charge on any atom is 0.192 e. The van der Waals surface area contributed by atoms with Gasteiger partial charge in [-0.2, -0.15) is 15.0 Å². The summed E-state index contributed by atoms with van der Waals surface area (Å²) in [6.45, 7) is 3.83. The third-order valence-corrected chi connectivity index (χ3v) is 2.89. The number of rotatable bonds is 4. The number of carbonyl (C=O) groups is 2. The Balaban J connectivity index is 2.15. The van der Waals surface area contributed by atoms with Crippen LogP contribution < -0.4 is 0 Å². The highest BCUT2D eigenvalue weighted by molar-refractivity contribution is 6.13. The lowest BCUT2D eigenvalue weighted by molar-refractivity contribution is 0.0891. The van der Waals surface area contributed by atoms with Gasteiger partial charge in [-0.15, -0.1) is 0 Å². The molecule has 0 amide bonds. The number of hydrogen-bond acceptors (Lipinski definition) is 4. The predicted molar refractivity (Wildman–Crippen MR) is 70.2 cm³/mol. The highest BCUT2D eigenvalue weighted by atomic mass is 16.1. The van der Waals surface area contributed by atoms with Crippen molar-refractivity contribution in [2.45, 2.75) is 20.3 Å². The summed E-state index contributed by atoms with van der Waals surface area (Å²) in [5, 5.41) is 7.72. The first kappa shape index (κ1) is 13.1. The van der Waals surface area contributed by atoms with Gasteiger partial charge in [0.05, 0.1) is 12.6 Å². The lowest BCUT2D eigenvalue weighted by Crippen LogP contribution is -2.11. The second-order valence-corrected chi connectivity index (χ2v) is 4.56. The zero-order valence-corrected chi connectivity index (χ0v) is 11.2. The van der Waals surface area contributed by atoms with E-state index in [-0.39, 0.29) is 23.7 Å². The fourth-order valence-corrected chi connectivity index (χ4v) is 1.93. The van der Waals surface area contributed by atoms with Gasteiger partial charge in [-0.05, 0) is 19.4 Å². The van der Waals surface area contributed by atoms with Crippen molar-refractivity contribution in [1.29, 1.82) is 0 Å². The van der Waals surface area contributed by atoms with Gasteiger partial charge in [0.25, 0.3) is 0 Å². The molecule has 5 nitrogen and oxygen atoms in total. The summed E-state index contributed by atoms with van der Waals surface area (Å²) in [7, 11) is 1.63. The van der Waals surface area contributed by atoms with Gasteiger partial charge in [-0.25, -0.2) is 0 Å². The second-order valence-electron chi connectivity index (χ2n) is 4.56. The lowest BCUT2D eigenvalue weighted by Gasteiger charge is -2.04. The summed E-state index contributed by atoms with van der Waals surface area (Å²) in [6.07, 6.45) is 1.19. The smallest absolute Gasteiger partial charge is 0.192 e. The molecule has 0 unspecified atom stereocenters. The van der Waals surface area contributed by atoms with Crippen molar-refractivity contribution >= 4 is 11.6 Å². The Hall–Kier alpha value is -2.30. The lowest BCUT2D eigenvalue weighted by atomic mass is 9.99. The van der Waals surface area contributed by atoms with E-state index < -0.39 is 0 Å². The van der Waals surface area contributed by atoms with Crippen LogP contribution in [0.4, 0.5) is 0 Å². The van der Waals surface area contributed by atoms with Gasteiger partial charge in [-0.3, -0.25) is 9.59 Å². The van der Waals surface area contributed by atoms with Crippen molar-refractivity contribution in [1.82, 2.24) is 15.0 Å². The van der Waals surface area contributed by atoms with Gasteiger partial charge >= 0.3 is 0 Å². The Morgan fingerprint density at radius 1 is 1.21 bits per heavy atom. The van der Waals surface area contributed by atoms with Crippen LogP contribution in [0.15, 0.2) is 24.4 Å². The molecule has 1 aromatic heterocycles. The SMILES string of the molecule is Cc1ccc(C(=O)CC(=O)c2cnn(C)n2)c(C)c1. The Morgan fingerprint density at radius 3 is 2.53 bits per heavy atom. The fraction of sp³-hybridized carbons (Fsp3) is 0.286. The van der Waals surface area contributed by atoms with Crippen LogP contribution in [0.3, 0.4) is 0 Å². The van der Waals surface area contributed by atoms with Crippen LogP contribution in [0, 0.1) is 13.8 Å². The van der Waals surface area contributed by atoms with E-state index in [9.17, 15) is 9.59 Å². The third-order valence-electron chi connectivity index (χ3n) is 2.89. The van der Waals surface area contributed by atoms with Crippen LogP contribution in [0.5, 0.6) is 0 Å². The van der Waals surface area contributed by atoms with Crippen LogP contribution >= 0.6 is 0 Å². The molecule has 0 atom stereocenters. The molecule has 1 heterocycles. The maximum atomic E-state index is 12.1. The van der Waals surface area contributed by atoms with Gasteiger partial charge in [0.15, 0.2) is 11.6 Å². The fourth-order valence-electron chi connectivity index (χ4n) is 1.93. The molecule has 0 N–H and O–H groups in total. The van der Waals surface area contributed by atoms with Crippen LogP contribution in [-0.4, -0.2) is 26.6 Å². The highest BCUT2D eigenvalue weighted by Gasteiger charge is 2.17. The van der Waals surface area contributed by atoms with E-state index in [2.05, 4.69) is 10.2 Å². The molecular weight excluding hydrogens is 242 g/mol. The van der Waals surface area contributed by atoms with Crippen molar-refractivity contribution < 1.29 is 9.59 Å². The molecule has 5 heteroatoms. The standard InChI is InChI=1S/C14H15N3O2/c1-9-4-5-11(10(2)6-9)13(18)7-14(19)12-8-15-17(3)16-12/h4-6,8H,7H2,1-3H3. The summed E-state index contributed by atoms with van der Waals surface area (Å²) in [5.41, 5.74) is 2.79. The molecule has 0 bridgehead atoms. The Bertz CT molecular complexity index is 644. The van der Waals surface area contributed by atoms with Crippen molar-refractivity contribution in [3.8, 4) is 0 Å². The minimum Gasteiger partial charge on any atom is -0.294 e. The second kappa shape index (κ2) is 5.14. The zero-order chi connectivity index (χ0) is 14.0. The monoisotopic (exact) mass is 257 g/mol. The minimum absolute atomic E-state index is 0.178. The molecule has 0 saturated carbocycles. The van der Waals surface area contributed by atoms with E-state index in [1.165, 1.54) is 11.0 Å². The van der Waals surface area contributed by atoms with E-state index in [0.717, 1.165) is 11.1 Å². The van der Waals surface area contributed by atoms with Crippen molar-refractivity contribution in [2.24, 2.45) is 7.05 Å². The van der Waals surface area contributed by atoms with E-state index in [1.807, 2.05) is 26.0 Å². The number of aryl methyl sites for hydroxylation is 3. The molecule has 1 aromatic carbocycles. The van der Waals surface area contributed by atoms with E-state index in [1.54, 1.807) is 13.1 Å². The highest BCUT2D eigenvalue weighted by Crippen LogP contribution is 2.14. The molecular formula is C14H15N3O2. The Kier molecular flexibility index (Phi) is 3.55. The number of ketones is 2. The molecule has 2 rings (SSSR count). The predicted octanol–water partition coefficient (Wildman–Crippen LogP) is 1.89. The van der Waals surface area contributed by atoms with E-state index in [0.29, 0.717) is 5.56 Å². The van der Waals surface area contributed by atoms with E-state index >= 15 is 0 Å². The van der Waals surface area contributed by atoms with Crippen LogP contribution in [-0.2, 0) is 7.05 Å². The van der Waals surface area contributed by atoms with Crippen LogP contribution in [0.25, 0.3) is 0 Å². The van der Waals surface area contributed by atoms with Crippen LogP contribution in [0.1, 0.15) is 38.4 Å². The summed E-state index contributed by atoms with van der Waals surface area (Å²) < 4.78 is 0. The molecule has 0 fully saturated rings. The van der Waals surface area contributed by atoms with Gasteiger partial charge in [0.1, 0.15) is 5.69 Å².